The monoisotopic (exact) mass is 263 g/mol. The van der Waals surface area contributed by atoms with Gasteiger partial charge < -0.3 is 5.73 Å². The van der Waals surface area contributed by atoms with Crippen LogP contribution in [0.15, 0.2) is 24.3 Å². The number of hydrogen-bond acceptors (Lipinski definition) is 1. The zero-order valence-corrected chi connectivity index (χ0v) is 9.35. The van der Waals surface area contributed by atoms with E-state index in [0.717, 1.165) is 12.1 Å². The van der Waals surface area contributed by atoms with Crippen LogP contribution in [0.5, 0.6) is 0 Å². The topological polar surface area (TPSA) is 43.1 Å². The van der Waals surface area contributed by atoms with Gasteiger partial charge in [-0.25, -0.2) is 0 Å². The predicted molar refractivity (Wildman–Crippen MR) is 59.3 cm³/mol. The molecule has 92 valence electrons. The number of benzene rings is 1. The molecule has 0 atom stereocenters. The Morgan fingerprint density at radius 1 is 1.35 bits per heavy atom. The average molecular weight is 264 g/mol. The summed E-state index contributed by atoms with van der Waals surface area (Å²) in [5, 5.41) is -0.0152. The van der Waals surface area contributed by atoms with Gasteiger partial charge in [-0.15, -0.1) is 0 Å². The molecule has 0 saturated heterocycles. The Morgan fingerprint density at radius 2 is 2.00 bits per heavy atom. The first-order chi connectivity index (χ1) is 7.79. The summed E-state index contributed by atoms with van der Waals surface area (Å²) >= 11 is 5.57. The lowest BCUT2D eigenvalue weighted by Gasteiger charge is -2.07. The van der Waals surface area contributed by atoms with Crippen molar-refractivity contribution in [2.45, 2.75) is 12.6 Å². The molecule has 0 radical (unpaired) electrons. The summed E-state index contributed by atoms with van der Waals surface area (Å²) in [7, 11) is 0. The highest BCUT2D eigenvalue weighted by molar-refractivity contribution is 6.30. The van der Waals surface area contributed by atoms with Crippen molar-refractivity contribution in [2.75, 3.05) is 0 Å². The van der Waals surface area contributed by atoms with Crippen molar-refractivity contribution in [1.82, 2.24) is 0 Å². The number of nitrogens with two attached hydrogens (primary N) is 1. The molecular weight excluding hydrogens is 255 g/mol. The van der Waals surface area contributed by atoms with Gasteiger partial charge in [-0.1, -0.05) is 23.8 Å². The van der Waals surface area contributed by atoms with Crippen LogP contribution in [0.3, 0.4) is 0 Å². The third-order valence-corrected chi connectivity index (χ3v) is 2.09. The van der Waals surface area contributed by atoms with Crippen LogP contribution in [0.1, 0.15) is 17.5 Å². The molecule has 0 heterocycles. The Balaban J connectivity index is 2.98. The predicted octanol–water partition coefficient (Wildman–Crippen LogP) is 3.25. The maximum absolute atomic E-state index is 12.4. The second kappa shape index (κ2) is 5.23. The van der Waals surface area contributed by atoms with E-state index in [4.69, 9.17) is 17.3 Å². The maximum atomic E-state index is 12.4. The lowest BCUT2D eigenvalue weighted by molar-refractivity contribution is -0.137. The molecule has 6 heteroatoms. The van der Waals surface area contributed by atoms with E-state index in [0.29, 0.717) is 0 Å². The van der Waals surface area contributed by atoms with Crippen LogP contribution in [-0.2, 0) is 11.0 Å². The quantitative estimate of drug-likeness (QED) is 0.894. The van der Waals surface area contributed by atoms with Gasteiger partial charge in [0.15, 0.2) is 0 Å². The van der Waals surface area contributed by atoms with E-state index in [1.165, 1.54) is 18.2 Å². The van der Waals surface area contributed by atoms with Gasteiger partial charge in [0, 0.05) is 11.4 Å². The Labute approximate surface area is 101 Å². The molecule has 2 nitrogen and oxygen atoms in total. The second-order valence-corrected chi connectivity index (χ2v) is 3.78. The van der Waals surface area contributed by atoms with E-state index in [-0.39, 0.29) is 17.0 Å². The number of amides is 1. The number of rotatable bonds is 3. The maximum Gasteiger partial charge on any atom is 0.416 e. The van der Waals surface area contributed by atoms with Gasteiger partial charge in [-0.3, -0.25) is 4.79 Å². The number of halogens is 4. The van der Waals surface area contributed by atoms with E-state index in [1.54, 1.807) is 0 Å². The molecule has 0 aliphatic carbocycles. The first-order valence-electron chi connectivity index (χ1n) is 4.61. The average Bonchev–Trinajstić information content (AvgIpc) is 2.14. The van der Waals surface area contributed by atoms with Gasteiger partial charge in [0.25, 0.3) is 0 Å². The molecule has 0 bridgehead atoms. The highest BCUT2D eigenvalue weighted by Gasteiger charge is 2.30. The summed E-state index contributed by atoms with van der Waals surface area (Å²) in [6, 6.07) is 3.16. The summed E-state index contributed by atoms with van der Waals surface area (Å²) in [4.78, 5) is 10.4. The normalized spacial score (nSPS) is 12.0. The van der Waals surface area contributed by atoms with Crippen molar-refractivity contribution < 1.29 is 18.0 Å². The van der Waals surface area contributed by atoms with Gasteiger partial charge in [0.2, 0.25) is 5.91 Å². The van der Waals surface area contributed by atoms with Gasteiger partial charge in [0.1, 0.15) is 0 Å². The van der Waals surface area contributed by atoms with Gasteiger partial charge in [-0.2, -0.15) is 13.2 Å². The number of carbonyl (C=O) groups is 1. The van der Waals surface area contributed by atoms with E-state index >= 15 is 0 Å². The van der Waals surface area contributed by atoms with Crippen LogP contribution in [0.25, 0.3) is 6.08 Å². The molecule has 0 unspecified atom stereocenters. The first kappa shape index (κ1) is 13.6. The van der Waals surface area contributed by atoms with Crippen molar-refractivity contribution in [2.24, 2.45) is 5.73 Å². The van der Waals surface area contributed by atoms with Crippen molar-refractivity contribution in [3.8, 4) is 0 Å². The van der Waals surface area contributed by atoms with Crippen LogP contribution in [0, 0.1) is 0 Å². The molecule has 0 aliphatic rings. The minimum Gasteiger partial charge on any atom is -0.369 e. The fraction of sp³-hybridized carbons (Fsp3) is 0.182. The number of hydrogen-bond donors (Lipinski definition) is 1. The molecular formula is C11H9ClF3NO. The summed E-state index contributed by atoms with van der Waals surface area (Å²) in [5.74, 6) is -0.556. The number of primary amides is 1. The van der Waals surface area contributed by atoms with Crippen LogP contribution >= 0.6 is 11.6 Å². The molecule has 0 spiro atoms. The summed E-state index contributed by atoms with van der Waals surface area (Å²) in [6.07, 6.45) is -1.73. The standard InChI is InChI=1S/C11H9ClF3NO/c12-9-5-7(2-1-3-10(16)17)4-8(6-9)11(13,14)15/h1-2,4-6H,3H2,(H2,16,17). The van der Waals surface area contributed by atoms with Crippen molar-refractivity contribution in [3.63, 3.8) is 0 Å². The van der Waals surface area contributed by atoms with E-state index in [2.05, 4.69) is 0 Å². The molecule has 17 heavy (non-hydrogen) atoms. The lowest BCUT2D eigenvalue weighted by atomic mass is 10.1. The fourth-order valence-corrected chi connectivity index (χ4v) is 1.43. The van der Waals surface area contributed by atoms with Crippen LogP contribution in [0.2, 0.25) is 5.02 Å². The zero-order valence-electron chi connectivity index (χ0n) is 8.59. The molecule has 0 aromatic heterocycles. The molecule has 1 rings (SSSR count). The second-order valence-electron chi connectivity index (χ2n) is 3.34. The third kappa shape index (κ3) is 4.48. The van der Waals surface area contributed by atoms with Crippen LogP contribution in [0.4, 0.5) is 13.2 Å². The molecule has 1 aromatic carbocycles. The van der Waals surface area contributed by atoms with Crippen LogP contribution in [-0.4, -0.2) is 5.91 Å². The Kier molecular flexibility index (Phi) is 4.17. The number of carbonyl (C=O) groups excluding carboxylic acids is 1. The summed E-state index contributed by atoms with van der Waals surface area (Å²) in [5.41, 5.74) is 4.33. The molecule has 0 fully saturated rings. The highest BCUT2D eigenvalue weighted by Crippen LogP contribution is 2.32. The molecule has 1 aromatic rings. The fourth-order valence-electron chi connectivity index (χ4n) is 1.18. The van der Waals surface area contributed by atoms with Gasteiger partial charge in [0.05, 0.1) is 5.56 Å². The van der Waals surface area contributed by atoms with Crippen molar-refractivity contribution in [3.05, 3.63) is 40.4 Å². The van der Waals surface area contributed by atoms with E-state index < -0.39 is 17.6 Å². The Morgan fingerprint density at radius 3 is 2.53 bits per heavy atom. The highest BCUT2D eigenvalue weighted by atomic mass is 35.5. The molecule has 0 aliphatic heterocycles. The molecule has 1 amide bonds. The minimum absolute atomic E-state index is 0.0152. The van der Waals surface area contributed by atoms with Crippen molar-refractivity contribution in [1.29, 1.82) is 0 Å². The number of alkyl halides is 3. The summed E-state index contributed by atoms with van der Waals surface area (Å²) < 4.78 is 37.3. The smallest absolute Gasteiger partial charge is 0.369 e. The first-order valence-corrected chi connectivity index (χ1v) is 4.99. The van der Waals surface area contributed by atoms with E-state index in [9.17, 15) is 18.0 Å². The van der Waals surface area contributed by atoms with E-state index in [1.807, 2.05) is 0 Å². The summed E-state index contributed by atoms with van der Waals surface area (Å²) in [6.45, 7) is 0. The molecule has 2 N–H and O–H groups in total. The Hall–Kier alpha value is -1.49. The van der Waals surface area contributed by atoms with Crippen LogP contribution < -0.4 is 5.73 Å². The van der Waals surface area contributed by atoms with Crippen molar-refractivity contribution >= 4 is 23.6 Å². The SMILES string of the molecule is NC(=O)CC=Cc1cc(Cl)cc(C(F)(F)F)c1. The van der Waals surface area contributed by atoms with Gasteiger partial charge >= 0.3 is 6.18 Å². The third-order valence-electron chi connectivity index (χ3n) is 1.88. The lowest BCUT2D eigenvalue weighted by Crippen LogP contribution is -2.08. The Bertz CT molecular complexity index is 455. The minimum atomic E-state index is -4.45. The molecule has 0 saturated carbocycles. The largest absolute Gasteiger partial charge is 0.416 e. The van der Waals surface area contributed by atoms with Gasteiger partial charge in [-0.05, 0) is 23.8 Å². The zero-order chi connectivity index (χ0) is 13.1.